The number of sulfonamides is 1. The summed E-state index contributed by atoms with van der Waals surface area (Å²) in [5.74, 6) is -0.298. The van der Waals surface area contributed by atoms with E-state index in [1.54, 1.807) is 31.2 Å². The zero-order valence-electron chi connectivity index (χ0n) is 19.6. The second-order valence-electron chi connectivity index (χ2n) is 7.76. The number of amides is 1. The van der Waals surface area contributed by atoms with Crippen LogP contribution in [-0.4, -0.2) is 33.1 Å². The van der Waals surface area contributed by atoms with Gasteiger partial charge in [-0.05, 0) is 44.2 Å². The highest BCUT2D eigenvalue weighted by molar-refractivity contribution is 7.92. The summed E-state index contributed by atoms with van der Waals surface area (Å²) >= 11 is 0. The maximum Gasteiger partial charge on any atom is 0.294 e. The van der Waals surface area contributed by atoms with Crippen LogP contribution < -0.4 is 14.4 Å². The van der Waals surface area contributed by atoms with E-state index in [2.05, 4.69) is 10.5 Å². The number of aryl methyl sites for hydroxylation is 1. The molecular weight excluding hydrogens is 466 g/mol. The Kier molecular flexibility index (Phi) is 6.88. The molecular formula is C26H25N3O5S. The van der Waals surface area contributed by atoms with Crippen LogP contribution >= 0.6 is 0 Å². The molecule has 3 aromatic carbocycles. The number of hydrogen-bond acceptors (Lipinski definition) is 6. The Morgan fingerprint density at radius 3 is 2.40 bits per heavy atom. The number of nitrogens with one attached hydrogen (secondary N) is 1. The van der Waals surface area contributed by atoms with Crippen molar-refractivity contribution in [2.24, 2.45) is 0 Å². The van der Waals surface area contributed by atoms with E-state index in [4.69, 9.17) is 9.26 Å². The highest BCUT2D eigenvalue weighted by Gasteiger charge is 2.25. The number of benzene rings is 3. The molecule has 0 fully saturated rings. The van der Waals surface area contributed by atoms with E-state index < -0.39 is 15.9 Å². The molecule has 1 amide bonds. The highest BCUT2D eigenvalue weighted by Crippen LogP contribution is 2.31. The van der Waals surface area contributed by atoms with Gasteiger partial charge in [-0.1, -0.05) is 53.2 Å². The van der Waals surface area contributed by atoms with Gasteiger partial charge < -0.3 is 14.6 Å². The van der Waals surface area contributed by atoms with Crippen LogP contribution in [0.2, 0.25) is 0 Å². The van der Waals surface area contributed by atoms with Crippen LogP contribution in [0.25, 0.3) is 11.3 Å². The molecule has 0 unspecified atom stereocenters. The molecule has 0 saturated carbocycles. The number of aromatic nitrogens is 1. The smallest absolute Gasteiger partial charge is 0.294 e. The fourth-order valence-electron chi connectivity index (χ4n) is 3.58. The summed E-state index contributed by atoms with van der Waals surface area (Å²) in [6, 6.07) is 22.3. The summed E-state index contributed by atoms with van der Waals surface area (Å²) in [6.45, 7) is 3.97. The molecule has 9 heteroatoms. The van der Waals surface area contributed by atoms with Crippen molar-refractivity contribution in [2.75, 3.05) is 23.3 Å². The Morgan fingerprint density at radius 2 is 1.74 bits per heavy atom. The molecule has 180 valence electrons. The molecule has 8 nitrogen and oxygen atoms in total. The second kappa shape index (κ2) is 10.0. The van der Waals surface area contributed by atoms with Crippen LogP contribution in [0.5, 0.6) is 5.75 Å². The van der Waals surface area contributed by atoms with E-state index in [9.17, 15) is 13.2 Å². The van der Waals surface area contributed by atoms with E-state index in [1.165, 1.54) is 35.7 Å². The topological polar surface area (TPSA) is 102 Å². The summed E-state index contributed by atoms with van der Waals surface area (Å²) in [5.41, 5.74) is 3.16. The summed E-state index contributed by atoms with van der Waals surface area (Å²) in [7, 11) is -2.46. The Morgan fingerprint density at radius 1 is 1.03 bits per heavy atom. The molecule has 1 aromatic heterocycles. The zero-order valence-corrected chi connectivity index (χ0v) is 20.4. The third-order valence-corrected chi connectivity index (χ3v) is 7.32. The predicted octanol–water partition coefficient (Wildman–Crippen LogP) is 5.13. The van der Waals surface area contributed by atoms with Crippen LogP contribution in [0.15, 0.2) is 88.3 Å². The molecule has 0 aliphatic rings. The van der Waals surface area contributed by atoms with Crippen molar-refractivity contribution < 1.29 is 22.5 Å². The molecule has 1 heterocycles. The molecule has 0 spiro atoms. The van der Waals surface area contributed by atoms with Gasteiger partial charge in [-0.3, -0.25) is 9.10 Å². The van der Waals surface area contributed by atoms with Gasteiger partial charge in [0.2, 0.25) is 5.76 Å². The van der Waals surface area contributed by atoms with Crippen molar-refractivity contribution in [3.8, 4) is 17.0 Å². The maximum absolute atomic E-state index is 13.4. The highest BCUT2D eigenvalue weighted by atomic mass is 32.2. The lowest BCUT2D eigenvalue weighted by Gasteiger charge is -2.23. The van der Waals surface area contributed by atoms with E-state index in [0.29, 0.717) is 17.1 Å². The lowest BCUT2D eigenvalue weighted by Crippen LogP contribution is -2.30. The van der Waals surface area contributed by atoms with Gasteiger partial charge in [-0.2, -0.15) is 0 Å². The van der Waals surface area contributed by atoms with E-state index >= 15 is 0 Å². The molecule has 35 heavy (non-hydrogen) atoms. The van der Waals surface area contributed by atoms with Crippen molar-refractivity contribution >= 4 is 27.3 Å². The summed E-state index contributed by atoms with van der Waals surface area (Å²) < 4.78 is 38.7. The quantitative estimate of drug-likeness (QED) is 0.367. The van der Waals surface area contributed by atoms with Crippen LogP contribution in [0.3, 0.4) is 0 Å². The first kappa shape index (κ1) is 24.0. The molecule has 1 N–H and O–H groups in total. The number of hydrogen-bond donors (Lipinski definition) is 1. The molecule has 0 aliphatic heterocycles. The lowest BCUT2D eigenvalue weighted by molar-refractivity contribution is 0.0987. The van der Waals surface area contributed by atoms with Crippen molar-refractivity contribution in [3.05, 3.63) is 90.2 Å². The Balaban J connectivity index is 1.62. The average molecular weight is 492 g/mol. The number of methoxy groups -OCH3 is 1. The van der Waals surface area contributed by atoms with Crippen molar-refractivity contribution in [1.29, 1.82) is 0 Å². The largest absolute Gasteiger partial charge is 0.495 e. The number of rotatable bonds is 8. The SMILES string of the molecule is CCN(c1ccccc1)S(=O)(=O)c1ccc(OC)c(NC(=O)c2cc(-c3ccc(C)cc3)no2)c1. The third kappa shape index (κ3) is 5.04. The van der Waals surface area contributed by atoms with Crippen LogP contribution in [0.1, 0.15) is 23.0 Å². The molecule has 0 aliphatic carbocycles. The van der Waals surface area contributed by atoms with Gasteiger partial charge in [0.05, 0.1) is 23.4 Å². The van der Waals surface area contributed by atoms with Gasteiger partial charge in [-0.25, -0.2) is 8.42 Å². The lowest BCUT2D eigenvalue weighted by atomic mass is 10.1. The minimum Gasteiger partial charge on any atom is -0.495 e. The molecule has 4 rings (SSSR count). The van der Waals surface area contributed by atoms with E-state index in [-0.39, 0.29) is 22.9 Å². The number of para-hydroxylation sites is 1. The number of carbonyl (C=O) groups is 1. The Labute approximate surface area is 204 Å². The zero-order chi connectivity index (χ0) is 25.0. The molecule has 4 aromatic rings. The number of nitrogens with zero attached hydrogens (tertiary/aromatic N) is 2. The average Bonchev–Trinajstić information content (AvgIpc) is 3.36. The fraction of sp³-hybridized carbons (Fsp3) is 0.154. The minimum absolute atomic E-state index is 0.0113. The van der Waals surface area contributed by atoms with Crippen molar-refractivity contribution in [2.45, 2.75) is 18.7 Å². The molecule has 0 saturated heterocycles. The van der Waals surface area contributed by atoms with Crippen LogP contribution in [-0.2, 0) is 10.0 Å². The normalized spacial score (nSPS) is 11.2. The molecule has 0 radical (unpaired) electrons. The summed E-state index contributed by atoms with van der Waals surface area (Å²) in [4.78, 5) is 12.9. The monoisotopic (exact) mass is 491 g/mol. The van der Waals surface area contributed by atoms with Crippen LogP contribution in [0, 0.1) is 6.92 Å². The first-order chi connectivity index (χ1) is 16.8. The fourth-order valence-corrected chi connectivity index (χ4v) is 5.08. The van der Waals surface area contributed by atoms with Gasteiger partial charge >= 0.3 is 0 Å². The third-order valence-electron chi connectivity index (χ3n) is 5.42. The van der Waals surface area contributed by atoms with Gasteiger partial charge in [0.25, 0.3) is 15.9 Å². The minimum atomic E-state index is -3.90. The van der Waals surface area contributed by atoms with Crippen molar-refractivity contribution in [1.82, 2.24) is 5.16 Å². The van der Waals surface area contributed by atoms with Gasteiger partial charge in [0.15, 0.2) is 0 Å². The summed E-state index contributed by atoms with van der Waals surface area (Å²) in [5, 5.41) is 6.66. The first-order valence-corrected chi connectivity index (χ1v) is 12.4. The number of ether oxygens (including phenoxy) is 1. The van der Waals surface area contributed by atoms with Crippen molar-refractivity contribution in [3.63, 3.8) is 0 Å². The second-order valence-corrected chi connectivity index (χ2v) is 9.63. The predicted molar refractivity (Wildman–Crippen MR) is 134 cm³/mol. The van der Waals surface area contributed by atoms with E-state index in [1.807, 2.05) is 37.3 Å². The van der Waals surface area contributed by atoms with Gasteiger partial charge in [0.1, 0.15) is 11.4 Å². The standard InChI is InChI=1S/C26H25N3O5S/c1-4-29(20-8-6-5-7-9-20)35(31,32)21-14-15-24(33-3)23(16-21)27-26(30)25-17-22(28-34-25)19-12-10-18(2)11-13-19/h5-17H,4H2,1-3H3,(H,27,30). The first-order valence-electron chi connectivity index (χ1n) is 10.9. The van der Waals surface area contributed by atoms with Gasteiger partial charge in [-0.15, -0.1) is 0 Å². The maximum atomic E-state index is 13.4. The number of anilines is 2. The summed E-state index contributed by atoms with van der Waals surface area (Å²) in [6.07, 6.45) is 0. The Hall–Kier alpha value is -4.11. The van der Waals surface area contributed by atoms with Crippen LogP contribution in [0.4, 0.5) is 11.4 Å². The molecule has 0 bridgehead atoms. The van der Waals surface area contributed by atoms with E-state index in [0.717, 1.165) is 11.1 Å². The Bertz CT molecular complexity index is 1430. The number of carbonyl (C=O) groups excluding carboxylic acids is 1. The van der Waals surface area contributed by atoms with Gasteiger partial charge in [0, 0.05) is 18.2 Å². The molecule has 0 atom stereocenters.